The molecule has 0 unspecified atom stereocenters. The van der Waals surface area contributed by atoms with Gasteiger partial charge in [0, 0.05) is 17.9 Å². The van der Waals surface area contributed by atoms with Crippen LogP contribution in [-0.4, -0.2) is 10.9 Å². The molecule has 20 heavy (non-hydrogen) atoms. The summed E-state index contributed by atoms with van der Waals surface area (Å²) in [6.07, 6.45) is 0. The molecule has 0 saturated carbocycles. The average molecular weight is 270 g/mol. The second-order valence-electron chi connectivity index (χ2n) is 4.73. The molecule has 2 aromatic rings. The Morgan fingerprint density at radius 2 is 2.05 bits per heavy atom. The van der Waals surface area contributed by atoms with Crippen molar-refractivity contribution in [2.75, 3.05) is 11.1 Å². The number of nitrogen functional groups attached to an aromatic ring is 1. The number of nitrogens with two attached hydrogens (primary N) is 2. The monoisotopic (exact) mass is 270 g/mol. The van der Waals surface area contributed by atoms with Gasteiger partial charge < -0.3 is 16.8 Å². The third-order valence-corrected chi connectivity index (χ3v) is 3.01. The van der Waals surface area contributed by atoms with E-state index in [1.54, 1.807) is 6.92 Å². The maximum Gasteiger partial charge on any atom is 0.252 e. The number of carbonyl (C=O) groups is 1. The summed E-state index contributed by atoms with van der Waals surface area (Å²) < 4.78 is 0. The molecule has 0 aliphatic heterocycles. The lowest BCUT2D eigenvalue weighted by Gasteiger charge is -2.13. The third kappa shape index (κ3) is 3.06. The molecule has 1 amide bonds. The van der Waals surface area contributed by atoms with E-state index in [-0.39, 0.29) is 0 Å². The highest BCUT2D eigenvalue weighted by molar-refractivity contribution is 5.99. The fraction of sp³-hybridized carbons (Fsp3) is 0.200. The van der Waals surface area contributed by atoms with Crippen LogP contribution in [-0.2, 0) is 6.54 Å². The van der Waals surface area contributed by atoms with Crippen molar-refractivity contribution < 1.29 is 4.79 Å². The quantitative estimate of drug-likeness (QED) is 0.740. The molecule has 0 fully saturated rings. The molecular formula is C15H18N4O. The number of primary amides is 1. The first-order chi connectivity index (χ1) is 9.47. The minimum atomic E-state index is -0.481. The van der Waals surface area contributed by atoms with E-state index < -0.39 is 5.91 Å². The molecule has 1 heterocycles. The van der Waals surface area contributed by atoms with Crippen molar-refractivity contribution in [3.05, 3.63) is 52.8 Å². The zero-order valence-corrected chi connectivity index (χ0v) is 11.6. The average Bonchev–Trinajstić information content (AvgIpc) is 2.35. The van der Waals surface area contributed by atoms with Gasteiger partial charge in [-0.1, -0.05) is 12.1 Å². The van der Waals surface area contributed by atoms with Gasteiger partial charge in [-0.05, 0) is 37.6 Å². The molecule has 5 N–H and O–H groups in total. The van der Waals surface area contributed by atoms with Gasteiger partial charge in [0.1, 0.15) is 0 Å². The number of amides is 1. The highest BCUT2D eigenvalue weighted by Crippen LogP contribution is 2.20. The van der Waals surface area contributed by atoms with Crippen molar-refractivity contribution in [3.63, 3.8) is 0 Å². The van der Waals surface area contributed by atoms with Crippen molar-refractivity contribution in [3.8, 4) is 0 Å². The van der Waals surface area contributed by atoms with Crippen molar-refractivity contribution in [1.29, 1.82) is 0 Å². The van der Waals surface area contributed by atoms with Crippen LogP contribution in [0, 0.1) is 13.8 Å². The second-order valence-corrected chi connectivity index (χ2v) is 4.73. The number of pyridine rings is 1. The molecule has 0 spiro atoms. The van der Waals surface area contributed by atoms with Gasteiger partial charge in [-0.2, -0.15) is 0 Å². The third-order valence-electron chi connectivity index (χ3n) is 3.01. The lowest BCUT2D eigenvalue weighted by atomic mass is 10.1. The van der Waals surface area contributed by atoms with Gasteiger partial charge in [0.05, 0.1) is 16.9 Å². The van der Waals surface area contributed by atoms with Gasteiger partial charge in [-0.15, -0.1) is 0 Å². The molecule has 0 aliphatic rings. The minimum absolute atomic E-state index is 0.430. The van der Waals surface area contributed by atoms with Crippen LogP contribution in [0.5, 0.6) is 0 Å². The Labute approximate surface area is 118 Å². The number of aromatic nitrogens is 1. The summed E-state index contributed by atoms with van der Waals surface area (Å²) in [6, 6.07) is 9.40. The predicted octanol–water partition coefficient (Wildman–Crippen LogP) is 1.99. The van der Waals surface area contributed by atoms with Crippen LogP contribution in [0.2, 0.25) is 0 Å². The van der Waals surface area contributed by atoms with Crippen molar-refractivity contribution in [2.45, 2.75) is 20.4 Å². The van der Waals surface area contributed by atoms with Crippen molar-refractivity contribution in [1.82, 2.24) is 4.98 Å². The Balaban J connectivity index is 2.27. The standard InChI is InChI=1S/C15H18N4O/c1-9-6-13(14(15(17)20)10(2)19-9)18-8-11-4-3-5-12(16)7-11/h3-7H,8,16H2,1-2H3,(H2,17,20)(H,18,19). The van der Waals surface area contributed by atoms with Crippen molar-refractivity contribution in [2.24, 2.45) is 5.73 Å². The summed E-state index contributed by atoms with van der Waals surface area (Å²) in [7, 11) is 0. The summed E-state index contributed by atoms with van der Waals surface area (Å²) in [5.41, 5.74) is 15.5. The van der Waals surface area contributed by atoms with E-state index in [4.69, 9.17) is 11.5 Å². The van der Waals surface area contributed by atoms with E-state index in [2.05, 4.69) is 10.3 Å². The summed E-state index contributed by atoms with van der Waals surface area (Å²) in [5, 5.41) is 3.22. The molecule has 0 saturated heterocycles. The predicted molar refractivity (Wildman–Crippen MR) is 80.4 cm³/mol. The van der Waals surface area contributed by atoms with E-state index in [0.29, 0.717) is 29.2 Å². The van der Waals surface area contributed by atoms with E-state index in [0.717, 1.165) is 11.3 Å². The van der Waals surface area contributed by atoms with Crippen LogP contribution in [0.4, 0.5) is 11.4 Å². The summed E-state index contributed by atoms with van der Waals surface area (Å²) in [6.45, 7) is 4.22. The first-order valence-corrected chi connectivity index (χ1v) is 6.33. The van der Waals surface area contributed by atoms with Gasteiger partial charge in [0.25, 0.3) is 5.91 Å². The van der Waals surface area contributed by atoms with Crippen LogP contribution in [0.25, 0.3) is 0 Å². The number of anilines is 2. The normalized spacial score (nSPS) is 10.3. The van der Waals surface area contributed by atoms with Crippen LogP contribution < -0.4 is 16.8 Å². The van der Waals surface area contributed by atoms with E-state index in [9.17, 15) is 4.79 Å². The number of aryl methyl sites for hydroxylation is 2. The maximum atomic E-state index is 11.5. The number of nitrogens with one attached hydrogen (secondary N) is 1. The molecule has 0 aliphatic carbocycles. The molecule has 2 rings (SSSR count). The Morgan fingerprint density at radius 1 is 1.30 bits per heavy atom. The van der Waals surface area contributed by atoms with E-state index >= 15 is 0 Å². The number of benzene rings is 1. The van der Waals surface area contributed by atoms with E-state index in [1.807, 2.05) is 37.3 Å². The van der Waals surface area contributed by atoms with E-state index in [1.165, 1.54) is 0 Å². The lowest BCUT2D eigenvalue weighted by molar-refractivity contribution is 0.1000. The van der Waals surface area contributed by atoms with Crippen molar-refractivity contribution >= 4 is 17.3 Å². The molecule has 5 nitrogen and oxygen atoms in total. The van der Waals surface area contributed by atoms with Gasteiger partial charge in [-0.25, -0.2) is 0 Å². The molecule has 0 radical (unpaired) electrons. The highest BCUT2D eigenvalue weighted by Gasteiger charge is 2.13. The zero-order chi connectivity index (χ0) is 14.7. The largest absolute Gasteiger partial charge is 0.399 e. The smallest absolute Gasteiger partial charge is 0.252 e. The van der Waals surface area contributed by atoms with Gasteiger partial charge in [-0.3, -0.25) is 9.78 Å². The summed E-state index contributed by atoms with van der Waals surface area (Å²) in [5.74, 6) is -0.481. The first kappa shape index (κ1) is 13.9. The van der Waals surface area contributed by atoms with Crippen LogP contribution in [0.15, 0.2) is 30.3 Å². The fourth-order valence-electron chi connectivity index (χ4n) is 2.18. The fourth-order valence-corrected chi connectivity index (χ4v) is 2.18. The number of rotatable bonds is 4. The summed E-state index contributed by atoms with van der Waals surface area (Å²) in [4.78, 5) is 15.8. The minimum Gasteiger partial charge on any atom is -0.399 e. The Bertz CT molecular complexity index is 652. The van der Waals surface area contributed by atoms with Gasteiger partial charge in [0.15, 0.2) is 0 Å². The molecule has 1 aromatic carbocycles. The SMILES string of the molecule is Cc1cc(NCc2cccc(N)c2)c(C(N)=O)c(C)n1. The number of hydrogen-bond donors (Lipinski definition) is 3. The maximum absolute atomic E-state index is 11.5. The second kappa shape index (κ2) is 5.61. The molecular weight excluding hydrogens is 252 g/mol. The zero-order valence-electron chi connectivity index (χ0n) is 11.6. The molecule has 0 bridgehead atoms. The first-order valence-electron chi connectivity index (χ1n) is 6.33. The lowest BCUT2D eigenvalue weighted by Crippen LogP contribution is -2.17. The summed E-state index contributed by atoms with van der Waals surface area (Å²) >= 11 is 0. The molecule has 1 aromatic heterocycles. The van der Waals surface area contributed by atoms with Gasteiger partial charge >= 0.3 is 0 Å². The van der Waals surface area contributed by atoms with Crippen LogP contribution >= 0.6 is 0 Å². The molecule has 5 heteroatoms. The highest BCUT2D eigenvalue weighted by atomic mass is 16.1. The van der Waals surface area contributed by atoms with Crippen LogP contribution in [0.1, 0.15) is 27.3 Å². The number of carbonyl (C=O) groups excluding carboxylic acids is 1. The van der Waals surface area contributed by atoms with Crippen LogP contribution in [0.3, 0.4) is 0 Å². The Kier molecular flexibility index (Phi) is 3.89. The molecule has 104 valence electrons. The number of hydrogen-bond acceptors (Lipinski definition) is 4. The Morgan fingerprint density at radius 3 is 2.70 bits per heavy atom. The van der Waals surface area contributed by atoms with Gasteiger partial charge in [0.2, 0.25) is 0 Å². The molecule has 0 atom stereocenters. The number of nitrogens with zero attached hydrogens (tertiary/aromatic N) is 1. The Hall–Kier alpha value is -2.56. The topological polar surface area (TPSA) is 94.0 Å².